The Morgan fingerprint density at radius 3 is 2.59 bits per heavy atom. The normalized spacial score (nSPS) is 11.5. The molecule has 0 saturated heterocycles. The van der Waals surface area contributed by atoms with Gasteiger partial charge in [-0.25, -0.2) is 0 Å². The lowest BCUT2D eigenvalue weighted by atomic mass is 10.1. The molecule has 0 bridgehead atoms. The maximum Gasteiger partial charge on any atom is 0.188 e. The zero-order valence-corrected chi connectivity index (χ0v) is 10.8. The highest BCUT2D eigenvalue weighted by Gasteiger charge is 2.01. The Hall–Kier alpha value is -1.28. The molecule has 2 heteroatoms. The van der Waals surface area contributed by atoms with Gasteiger partial charge < -0.3 is 9.47 Å². The summed E-state index contributed by atoms with van der Waals surface area (Å²) < 4.78 is 10.6. The SMILES string of the molecule is CCCCC/C=C(\OCOC)c1ccccc1. The summed E-state index contributed by atoms with van der Waals surface area (Å²) in [6.45, 7) is 2.51. The molecule has 17 heavy (non-hydrogen) atoms. The van der Waals surface area contributed by atoms with Gasteiger partial charge in [0.15, 0.2) is 6.79 Å². The summed E-state index contributed by atoms with van der Waals surface area (Å²) in [6, 6.07) is 10.2. The van der Waals surface area contributed by atoms with Crippen molar-refractivity contribution in [3.8, 4) is 0 Å². The van der Waals surface area contributed by atoms with Crippen LogP contribution in [0.25, 0.3) is 5.76 Å². The minimum atomic E-state index is 0.300. The highest BCUT2D eigenvalue weighted by Crippen LogP contribution is 2.17. The summed E-state index contributed by atoms with van der Waals surface area (Å²) in [5.74, 6) is 0.920. The van der Waals surface area contributed by atoms with Gasteiger partial charge in [0.2, 0.25) is 0 Å². The van der Waals surface area contributed by atoms with Crippen molar-refractivity contribution in [3.63, 3.8) is 0 Å². The third-order valence-corrected chi connectivity index (χ3v) is 2.53. The van der Waals surface area contributed by atoms with Gasteiger partial charge in [0.05, 0.1) is 0 Å². The number of ether oxygens (including phenoxy) is 2. The Bertz CT molecular complexity index is 317. The molecular weight excluding hydrogens is 212 g/mol. The summed E-state index contributed by atoms with van der Waals surface area (Å²) in [5, 5.41) is 0. The van der Waals surface area contributed by atoms with E-state index < -0.39 is 0 Å². The number of benzene rings is 1. The van der Waals surface area contributed by atoms with Gasteiger partial charge in [-0.3, -0.25) is 0 Å². The predicted molar refractivity (Wildman–Crippen MR) is 71.5 cm³/mol. The molecule has 0 atom stereocenters. The fraction of sp³-hybridized carbons (Fsp3) is 0.467. The van der Waals surface area contributed by atoms with Crippen LogP contribution >= 0.6 is 0 Å². The second-order valence-corrected chi connectivity index (χ2v) is 3.98. The standard InChI is InChI=1S/C15H22O2/c1-3-4-5-9-12-15(17-13-16-2)14-10-7-6-8-11-14/h6-8,10-12H,3-5,9,13H2,1-2H3/b15-12-. The van der Waals surface area contributed by atoms with Crippen LogP contribution in [-0.2, 0) is 9.47 Å². The zero-order chi connectivity index (χ0) is 12.3. The molecule has 0 aliphatic carbocycles. The first-order chi connectivity index (χ1) is 8.38. The van der Waals surface area contributed by atoms with Crippen LogP contribution in [0.3, 0.4) is 0 Å². The van der Waals surface area contributed by atoms with Crippen LogP contribution in [0.1, 0.15) is 38.2 Å². The quantitative estimate of drug-likeness (QED) is 0.381. The van der Waals surface area contributed by atoms with Gasteiger partial charge in [0, 0.05) is 12.7 Å². The molecule has 0 spiro atoms. The lowest BCUT2D eigenvalue weighted by molar-refractivity contribution is 0.0315. The fourth-order valence-electron chi connectivity index (χ4n) is 1.61. The summed E-state index contributed by atoms with van der Waals surface area (Å²) >= 11 is 0. The molecule has 1 aromatic carbocycles. The van der Waals surface area contributed by atoms with E-state index in [2.05, 4.69) is 25.1 Å². The van der Waals surface area contributed by atoms with Gasteiger partial charge in [0.25, 0.3) is 0 Å². The molecule has 0 N–H and O–H groups in total. The van der Waals surface area contributed by atoms with Crippen molar-refractivity contribution in [2.75, 3.05) is 13.9 Å². The third kappa shape index (κ3) is 5.55. The number of unbranched alkanes of at least 4 members (excludes halogenated alkanes) is 3. The van der Waals surface area contributed by atoms with E-state index in [1.165, 1.54) is 19.3 Å². The van der Waals surface area contributed by atoms with Gasteiger partial charge in [-0.2, -0.15) is 0 Å². The van der Waals surface area contributed by atoms with E-state index in [-0.39, 0.29) is 0 Å². The Morgan fingerprint density at radius 2 is 1.94 bits per heavy atom. The van der Waals surface area contributed by atoms with E-state index in [1.54, 1.807) is 7.11 Å². The Labute approximate surface area is 104 Å². The highest BCUT2D eigenvalue weighted by atomic mass is 16.7. The molecule has 0 fully saturated rings. The highest BCUT2D eigenvalue weighted by molar-refractivity contribution is 5.59. The average Bonchev–Trinajstić information content (AvgIpc) is 2.39. The predicted octanol–water partition coefficient (Wildman–Crippen LogP) is 4.23. The molecule has 2 nitrogen and oxygen atoms in total. The van der Waals surface area contributed by atoms with Crippen molar-refractivity contribution in [1.82, 2.24) is 0 Å². The van der Waals surface area contributed by atoms with Crippen LogP contribution in [0.4, 0.5) is 0 Å². The zero-order valence-electron chi connectivity index (χ0n) is 10.8. The number of rotatable bonds is 8. The van der Waals surface area contributed by atoms with E-state index in [9.17, 15) is 0 Å². The molecule has 1 aromatic rings. The number of methoxy groups -OCH3 is 1. The van der Waals surface area contributed by atoms with E-state index in [0.717, 1.165) is 17.7 Å². The van der Waals surface area contributed by atoms with Crippen LogP contribution in [0.2, 0.25) is 0 Å². The second kappa shape index (κ2) is 8.82. The molecule has 1 rings (SSSR count). The number of allylic oxidation sites excluding steroid dienone is 1. The van der Waals surface area contributed by atoms with Crippen LogP contribution in [0.5, 0.6) is 0 Å². The third-order valence-electron chi connectivity index (χ3n) is 2.53. The van der Waals surface area contributed by atoms with Crippen molar-refractivity contribution in [2.45, 2.75) is 32.6 Å². The summed E-state index contributed by atoms with van der Waals surface area (Å²) in [4.78, 5) is 0. The lowest BCUT2D eigenvalue weighted by Gasteiger charge is -2.09. The first-order valence-electron chi connectivity index (χ1n) is 6.25. The van der Waals surface area contributed by atoms with Crippen LogP contribution in [-0.4, -0.2) is 13.9 Å². The van der Waals surface area contributed by atoms with Gasteiger partial charge in [-0.1, -0.05) is 50.1 Å². The molecule has 0 amide bonds. The first-order valence-corrected chi connectivity index (χ1v) is 6.25. The molecule has 0 aliphatic rings. The molecule has 94 valence electrons. The van der Waals surface area contributed by atoms with Gasteiger partial charge in [0.1, 0.15) is 5.76 Å². The van der Waals surface area contributed by atoms with Gasteiger partial charge in [-0.05, 0) is 18.9 Å². The second-order valence-electron chi connectivity index (χ2n) is 3.98. The lowest BCUT2D eigenvalue weighted by Crippen LogP contribution is -1.96. The molecule has 0 radical (unpaired) electrons. The van der Waals surface area contributed by atoms with Crippen molar-refractivity contribution in [3.05, 3.63) is 42.0 Å². The average molecular weight is 234 g/mol. The molecule has 0 aromatic heterocycles. The van der Waals surface area contributed by atoms with Gasteiger partial charge >= 0.3 is 0 Å². The number of hydrogen-bond acceptors (Lipinski definition) is 2. The topological polar surface area (TPSA) is 18.5 Å². The van der Waals surface area contributed by atoms with Crippen molar-refractivity contribution >= 4 is 5.76 Å². The smallest absolute Gasteiger partial charge is 0.188 e. The summed E-state index contributed by atoms with van der Waals surface area (Å²) in [6.07, 6.45) is 6.94. The van der Waals surface area contributed by atoms with Crippen LogP contribution in [0, 0.1) is 0 Å². The Morgan fingerprint density at radius 1 is 1.18 bits per heavy atom. The summed E-state index contributed by atoms with van der Waals surface area (Å²) in [7, 11) is 1.64. The largest absolute Gasteiger partial charge is 0.467 e. The van der Waals surface area contributed by atoms with Crippen molar-refractivity contribution < 1.29 is 9.47 Å². The molecule has 0 aliphatic heterocycles. The van der Waals surface area contributed by atoms with E-state index in [1.807, 2.05) is 18.2 Å². The van der Waals surface area contributed by atoms with E-state index in [4.69, 9.17) is 9.47 Å². The maximum absolute atomic E-state index is 5.60. The van der Waals surface area contributed by atoms with E-state index >= 15 is 0 Å². The fourth-order valence-corrected chi connectivity index (χ4v) is 1.61. The van der Waals surface area contributed by atoms with Crippen LogP contribution in [0.15, 0.2) is 36.4 Å². The Balaban J connectivity index is 2.60. The Kier molecular flexibility index (Phi) is 7.15. The molecular formula is C15H22O2. The van der Waals surface area contributed by atoms with Crippen molar-refractivity contribution in [2.24, 2.45) is 0 Å². The maximum atomic E-state index is 5.60. The molecule has 0 unspecified atom stereocenters. The summed E-state index contributed by atoms with van der Waals surface area (Å²) in [5.41, 5.74) is 1.11. The minimum absolute atomic E-state index is 0.300. The van der Waals surface area contributed by atoms with Crippen LogP contribution < -0.4 is 0 Å². The van der Waals surface area contributed by atoms with Gasteiger partial charge in [-0.15, -0.1) is 0 Å². The minimum Gasteiger partial charge on any atom is -0.467 e. The monoisotopic (exact) mass is 234 g/mol. The van der Waals surface area contributed by atoms with Crippen molar-refractivity contribution in [1.29, 1.82) is 0 Å². The van der Waals surface area contributed by atoms with E-state index in [0.29, 0.717) is 6.79 Å². The number of hydrogen-bond donors (Lipinski definition) is 0. The molecule has 0 heterocycles. The first kappa shape index (κ1) is 13.8. The molecule has 0 saturated carbocycles.